The maximum atomic E-state index is 13.4. The minimum Gasteiger partial charge on any atom is -0.388 e. The van der Waals surface area contributed by atoms with Crippen LogP contribution in [0.25, 0.3) is 0 Å². The van der Waals surface area contributed by atoms with Crippen LogP contribution in [0.3, 0.4) is 0 Å². The van der Waals surface area contributed by atoms with Crippen LogP contribution in [0.4, 0.5) is 10.1 Å². The molecule has 3 nitrogen and oxygen atoms in total. The molecule has 0 spiro atoms. The third-order valence-electron chi connectivity index (χ3n) is 2.69. The minimum absolute atomic E-state index is 0.178. The molecular weight excluding hydrogens is 261 g/mol. The maximum Gasteiger partial charge on any atom is 0.126 e. The number of pyridine rings is 1. The highest BCUT2D eigenvalue weighted by Gasteiger charge is 2.02. The number of hydrogen-bond acceptors (Lipinski definition) is 3. The molecule has 0 radical (unpaired) electrons. The Morgan fingerprint density at radius 3 is 2.84 bits per heavy atom. The average Bonchev–Trinajstić information content (AvgIpc) is 2.41. The minimum atomic E-state index is -0.178. The highest BCUT2D eigenvalue weighted by atomic mass is 32.1. The van der Waals surface area contributed by atoms with Crippen LogP contribution in [0, 0.1) is 5.82 Å². The molecule has 2 rings (SSSR count). The van der Waals surface area contributed by atoms with E-state index in [1.807, 2.05) is 12.1 Å². The number of aromatic nitrogens is 1. The fraction of sp³-hybridized carbons (Fsp3) is 0.143. The lowest BCUT2D eigenvalue weighted by atomic mass is 10.1. The molecule has 0 aliphatic rings. The van der Waals surface area contributed by atoms with Gasteiger partial charge in [0.15, 0.2) is 0 Å². The van der Waals surface area contributed by atoms with Gasteiger partial charge in [0.05, 0.1) is 5.69 Å². The van der Waals surface area contributed by atoms with Crippen LogP contribution in [0.1, 0.15) is 11.3 Å². The molecule has 0 aliphatic heterocycles. The summed E-state index contributed by atoms with van der Waals surface area (Å²) in [5.41, 5.74) is 7.65. The Kier molecular flexibility index (Phi) is 4.41. The quantitative estimate of drug-likeness (QED) is 0.823. The van der Waals surface area contributed by atoms with Gasteiger partial charge in [0.2, 0.25) is 0 Å². The lowest BCUT2D eigenvalue weighted by molar-refractivity contribution is 0.610. The Bertz CT molecular complexity index is 586. The fourth-order valence-electron chi connectivity index (χ4n) is 1.72. The molecule has 0 fully saturated rings. The van der Waals surface area contributed by atoms with Crippen molar-refractivity contribution >= 4 is 22.9 Å². The van der Waals surface area contributed by atoms with Crippen molar-refractivity contribution in [3.63, 3.8) is 0 Å². The SMILES string of the molecule is NC(=S)c1cc(NCCc2ccccc2F)ccn1. The lowest BCUT2D eigenvalue weighted by Crippen LogP contribution is -2.12. The zero-order valence-electron chi connectivity index (χ0n) is 10.3. The lowest BCUT2D eigenvalue weighted by Gasteiger charge is -2.08. The fourth-order valence-corrected chi connectivity index (χ4v) is 1.83. The van der Waals surface area contributed by atoms with E-state index in [1.54, 1.807) is 24.4 Å². The van der Waals surface area contributed by atoms with E-state index in [4.69, 9.17) is 18.0 Å². The van der Waals surface area contributed by atoms with E-state index in [0.29, 0.717) is 24.2 Å². The molecule has 0 bridgehead atoms. The first-order valence-electron chi connectivity index (χ1n) is 5.90. The van der Waals surface area contributed by atoms with Crippen LogP contribution in [-0.4, -0.2) is 16.5 Å². The van der Waals surface area contributed by atoms with Crippen LogP contribution < -0.4 is 11.1 Å². The van der Waals surface area contributed by atoms with E-state index >= 15 is 0 Å². The summed E-state index contributed by atoms with van der Waals surface area (Å²) in [4.78, 5) is 4.31. The van der Waals surface area contributed by atoms with E-state index in [9.17, 15) is 4.39 Å². The van der Waals surface area contributed by atoms with Crippen LogP contribution in [0.15, 0.2) is 42.6 Å². The van der Waals surface area contributed by atoms with Crippen molar-refractivity contribution < 1.29 is 4.39 Å². The highest BCUT2D eigenvalue weighted by molar-refractivity contribution is 7.80. The van der Waals surface area contributed by atoms with E-state index in [0.717, 1.165) is 5.69 Å². The third-order valence-corrected chi connectivity index (χ3v) is 2.90. The summed E-state index contributed by atoms with van der Waals surface area (Å²) in [6, 6.07) is 10.4. The van der Waals surface area contributed by atoms with E-state index in [1.165, 1.54) is 6.07 Å². The number of anilines is 1. The van der Waals surface area contributed by atoms with Gasteiger partial charge in [-0.25, -0.2) is 4.39 Å². The normalized spacial score (nSPS) is 10.2. The monoisotopic (exact) mass is 275 g/mol. The van der Waals surface area contributed by atoms with Crippen molar-refractivity contribution in [2.24, 2.45) is 5.73 Å². The van der Waals surface area contributed by atoms with Gasteiger partial charge in [-0.1, -0.05) is 30.4 Å². The van der Waals surface area contributed by atoms with Gasteiger partial charge in [-0.3, -0.25) is 4.98 Å². The molecule has 0 amide bonds. The number of nitrogens with zero attached hydrogens (tertiary/aromatic N) is 1. The molecule has 1 heterocycles. The number of nitrogens with two attached hydrogens (primary N) is 1. The van der Waals surface area contributed by atoms with Crippen molar-refractivity contribution in [1.82, 2.24) is 4.98 Å². The summed E-state index contributed by atoms with van der Waals surface area (Å²) in [7, 11) is 0. The Balaban J connectivity index is 1.94. The summed E-state index contributed by atoms with van der Waals surface area (Å²) in [5, 5.41) is 3.19. The predicted octanol–water partition coefficient (Wildman–Crippen LogP) is 2.51. The smallest absolute Gasteiger partial charge is 0.126 e. The van der Waals surface area contributed by atoms with Crippen molar-refractivity contribution in [2.75, 3.05) is 11.9 Å². The molecule has 5 heteroatoms. The number of nitrogens with one attached hydrogen (secondary N) is 1. The maximum absolute atomic E-state index is 13.4. The molecule has 0 atom stereocenters. The Hall–Kier alpha value is -2.01. The zero-order chi connectivity index (χ0) is 13.7. The van der Waals surface area contributed by atoms with Gasteiger partial charge < -0.3 is 11.1 Å². The van der Waals surface area contributed by atoms with Gasteiger partial charge in [-0.15, -0.1) is 0 Å². The molecular formula is C14H14FN3S. The second-order valence-corrected chi connectivity index (χ2v) is 4.50. The van der Waals surface area contributed by atoms with Gasteiger partial charge in [-0.2, -0.15) is 0 Å². The number of benzene rings is 1. The van der Waals surface area contributed by atoms with E-state index < -0.39 is 0 Å². The first-order valence-corrected chi connectivity index (χ1v) is 6.31. The first-order chi connectivity index (χ1) is 9.16. The third kappa shape index (κ3) is 3.72. The van der Waals surface area contributed by atoms with Gasteiger partial charge >= 0.3 is 0 Å². The molecule has 3 N–H and O–H groups in total. The van der Waals surface area contributed by atoms with Gasteiger partial charge in [0, 0.05) is 18.4 Å². The van der Waals surface area contributed by atoms with Crippen molar-refractivity contribution in [1.29, 1.82) is 0 Å². The number of hydrogen-bond donors (Lipinski definition) is 2. The molecule has 2 aromatic rings. The Labute approximate surface area is 116 Å². The summed E-state index contributed by atoms with van der Waals surface area (Å²) < 4.78 is 13.4. The Morgan fingerprint density at radius 1 is 1.32 bits per heavy atom. The molecule has 98 valence electrons. The molecule has 0 saturated carbocycles. The largest absolute Gasteiger partial charge is 0.388 e. The first kappa shape index (κ1) is 13.4. The van der Waals surface area contributed by atoms with Crippen molar-refractivity contribution in [2.45, 2.75) is 6.42 Å². The van der Waals surface area contributed by atoms with Gasteiger partial charge in [0.25, 0.3) is 0 Å². The molecule has 0 saturated heterocycles. The zero-order valence-corrected chi connectivity index (χ0v) is 11.1. The number of rotatable bonds is 5. The Morgan fingerprint density at radius 2 is 2.11 bits per heavy atom. The molecule has 0 aliphatic carbocycles. The molecule has 19 heavy (non-hydrogen) atoms. The number of thiocarbonyl (C=S) groups is 1. The summed E-state index contributed by atoms with van der Waals surface area (Å²) in [6.45, 7) is 0.627. The topological polar surface area (TPSA) is 50.9 Å². The second-order valence-electron chi connectivity index (χ2n) is 4.06. The number of halogens is 1. The van der Waals surface area contributed by atoms with Gasteiger partial charge in [-0.05, 0) is 30.2 Å². The second kappa shape index (κ2) is 6.24. The summed E-state index contributed by atoms with van der Waals surface area (Å²) in [6.07, 6.45) is 2.25. The standard InChI is InChI=1S/C14H14FN3S/c15-12-4-2-1-3-10(12)5-7-17-11-6-8-18-13(9-11)14(16)19/h1-4,6,8-9H,5,7H2,(H2,16,19)(H,17,18). The van der Waals surface area contributed by atoms with E-state index in [-0.39, 0.29) is 10.8 Å². The van der Waals surface area contributed by atoms with Crippen LogP contribution in [-0.2, 0) is 6.42 Å². The summed E-state index contributed by atoms with van der Waals surface area (Å²) in [5.74, 6) is -0.178. The van der Waals surface area contributed by atoms with Crippen LogP contribution >= 0.6 is 12.2 Å². The van der Waals surface area contributed by atoms with Crippen molar-refractivity contribution in [3.05, 3.63) is 59.7 Å². The van der Waals surface area contributed by atoms with Gasteiger partial charge in [0.1, 0.15) is 10.8 Å². The highest BCUT2D eigenvalue weighted by Crippen LogP contribution is 2.10. The predicted molar refractivity (Wildman–Crippen MR) is 78.7 cm³/mol. The molecule has 0 unspecified atom stereocenters. The van der Waals surface area contributed by atoms with Crippen molar-refractivity contribution in [3.8, 4) is 0 Å². The molecule has 1 aromatic heterocycles. The molecule has 1 aromatic carbocycles. The van der Waals surface area contributed by atoms with E-state index in [2.05, 4.69) is 10.3 Å². The summed E-state index contributed by atoms with van der Waals surface area (Å²) >= 11 is 4.87. The van der Waals surface area contributed by atoms with Crippen LogP contribution in [0.2, 0.25) is 0 Å². The average molecular weight is 275 g/mol. The van der Waals surface area contributed by atoms with Crippen LogP contribution in [0.5, 0.6) is 0 Å².